The number of halogens is 2. The van der Waals surface area contributed by atoms with Crippen LogP contribution in [0, 0.1) is 5.82 Å². The zero-order valence-electron chi connectivity index (χ0n) is 16.6. The molecule has 1 aliphatic rings. The fourth-order valence-corrected chi connectivity index (χ4v) is 5.05. The van der Waals surface area contributed by atoms with E-state index < -0.39 is 32.3 Å². The van der Waals surface area contributed by atoms with E-state index in [9.17, 15) is 22.4 Å². The monoisotopic (exact) mass is 480 g/mol. The third-order valence-electron chi connectivity index (χ3n) is 5.05. The lowest BCUT2D eigenvalue weighted by Gasteiger charge is -2.33. The fourth-order valence-electron chi connectivity index (χ4n) is 3.35. The van der Waals surface area contributed by atoms with Gasteiger partial charge in [0.25, 0.3) is 0 Å². The van der Waals surface area contributed by atoms with Gasteiger partial charge in [0.05, 0.1) is 10.7 Å². The topological polar surface area (TPSA) is 110 Å². The van der Waals surface area contributed by atoms with Gasteiger partial charge in [0.1, 0.15) is 17.3 Å². The molecule has 1 aromatic heterocycles. The molecule has 1 amide bonds. The second-order valence-electron chi connectivity index (χ2n) is 7.00. The summed E-state index contributed by atoms with van der Waals surface area (Å²) >= 11 is 6.08. The number of nitrogens with zero attached hydrogens (tertiary/aromatic N) is 6. The SMILES string of the molecule is O=C(Cn1nnn(-c2ccccc2Cl)c1=O)N1CCN(S(=O)(=O)c2ccccc2F)CC1. The van der Waals surface area contributed by atoms with Crippen LogP contribution in [0.2, 0.25) is 5.02 Å². The van der Waals surface area contributed by atoms with E-state index in [2.05, 4.69) is 10.4 Å². The van der Waals surface area contributed by atoms with Gasteiger partial charge in [-0.05, 0) is 34.7 Å². The zero-order chi connectivity index (χ0) is 22.9. The van der Waals surface area contributed by atoms with Crippen LogP contribution in [0.3, 0.4) is 0 Å². The first kappa shape index (κ1) is 22.1. The lowest BCUT2D eigenvalue weighted by Crippen LogP contribution is -2.51. The van der Waals surface area contributed by atoms with E-state index in [0.717, 1.165) is 19.7 Å². The number of sulfonamides is 1. The second-order valence-corrected chi connectivity index (χ2v) is 9.31. The molecule has 3 aromatic rings. The number of amides is 1. The van der Waals surface area contributed by atoms with E-state index in [-0.39, 0.29) is 32.7 Å². The number of carbonyl (C=O) groups excluding carboxylic acids is 1. The summed E-state index contributed by atoms with van der Waals surface area (Å²) in [4.78, 5) is 26.2. The van der Waals surface area contributed by atoms with Crippen LogP contribution in [0.4, 0.5) is 4.39 Å². The van der Waals surface area contributed by atoms with Gasteiger partial charge >= 0.3 is 5.69 Å². The smallest absolute Gasteiger partial charge is 0.338 e. The van der Waals surface area contributed by atoms with Crippen molar-refractivity contribution in [2.75, 3.05) is 26.2 Å². The van der Waals surface area contributed by atoms with Crippen molar-refractivity contribution in [2.45, 2.75) is 11.4 Å². The third kappa shape index (κ3) is 4.16. The molecule has 0 N–H and O–H groups in total. The molecule has 0 spiro atoms. The van der Waals surface area contributed by atoms with E-state index in [4.69, 9.17) is 11.6 Å². The van der Waals surface area contributed by atoms with Crippen molar-refractivity contribution in [1.82, 2.24) is 29.0 Å². The number of aromatic nitrogens is 4. The van der Waals surface area contributed by atoms with E-state index in [1.807, 2.05) is 0 Å². The number of hydrogen-bond acceptors (Lipinski definition) is 6. The number of rotatable bonds is 5. The van der Waals surface area contributed by atoms with Crippen molar-refractivity contribution in [3.63, 3.8) is 0 Å². The number of para-hydroxylation sites is 1. The van der Waals surface area contributed by atoms with Gasteiger partial charge in [-0.25, -0.2) is 17.6 Å². The maximum absolute atomic E-state index is 13.9. The molecule has 1 fully saturated rings. The van der Waals surface area contributed by atoms with Crippen LogP contribution in [-0.4, -0.2) is 69.5 Å². The number of hydrogen-bond donors (Lipinski definition) is 0. The minimum Gasteiger partial charge on any atom is -0.338 e. The molecule has 0 saturated carbocycles. The highest BCUT2D eigenvalue weighted by molar-refractivity contribution is 7.89. The average molecular weight is 481 g/mol. The van der Waals surface area contributed by atoms with Crippen molar-refractivity contribution in [3.05, 3.63) is 69.9 Å². The summed E-state index contributed by atoms with van der Waals surface area (Å²) in [5, 5.41) is 7.81. The maximum Gasteiger partial charge on any atom is 0.369 e. The van der Waals surface area contributed by atoms with Crippen LogP contribution in [0.1, 0.15) is 0 Å². The molecular formula is C19H18ClFN6O4S. The summed E-state index contributed by atoms with van der Waals surface area (Å²) in [7, 11) is -4.01. The number of piperazine rings is 1. The first-order valence-corrected chi connectivity index (χ1v) is 11.4. The van der Waals surface area contributed by atoms with Crippen molar-refractivity contribution in [2.24, 2.45) is 0 Å². The molecule has 32 heavy (non-hydrogen) atoms. The number of benzene rings is 2. The third-order valence-corrected chi connectivity index (χ3v) is 7.30. The Labute approximate surface area is 187 Å². The van der Waals surface area contributed by atoms with Crippen LogP contribution in [0.5, 0.6) is 0 Å². The zero-order valence-corrected chi connectivity index (χ0v) is 18.2. The van der Waals surface area contributed by atoms with Crippen LogP contribution in [0.15, 0.2) is 58.2 Å². The van der Waals surface area contributed by atoms with Crippen LogP contribution < -0.4 is 5.69 Å². The molecule has 13 heteroatoms. The van der Waals surface area contributed by atoms with Gasteiger partial charge < -0.3 is 4.90 Å². The molecule has 2 aromatic carbocycles. The summed E-state index contributed by atoms with van der Waals surface area (Å²) in [5.74, 6) is -1.24. The van der Waals surface area contributed by atoms with Crippen LogP contribution >= 0.6 is 11.6 Å². The molecule has 0 atom stereocenters. The normalized spacial score (nSPS) is 15.1. The predicted molar refractivity (Wildman–Crippen MR) is 112 cm³/mol. The van der Waals surface area contributed by atoms with Gasteiger partial charge in [0, 0.05) is 26.2 Å². The Kier molecular flexibility index (Phi) is 6.09. The fraction of sp³-hybridized carbons (Fsp3) is 0.263. The molecule has 1 saturated heterocycles. The maximum atomic E-state index is 13.9. The Bertz CT molecular complexity index is 1320. The minimum atomic E-state index is -4.01. The highest BCUT2D eigenvalue weighted by atomic mass is 35.5. The Morgan fingerprint density at radius 1 is 1.00 bits per heavy atom. The summed E-state index contributed by atoms with van der Waals surface area (Å²) in [6, 6.07) is 11.7. The lowest BCUT2D eigenvalue weighted by molar-refractivity contribution is -0.133. The van der Waals surface area contributed by atoms with Gasteiger partial charge in [0.15, 0.2) is 0 Å². The van der Waals surface area contributed by atoms with E-state index in [0.29, 0.717) is 10.7 Å². The molecular weight excluding hydrogens is 463 g/mol. The Balaban J connectivity index is 1.42. The van der Waals surface area contributed by atoms with Gasteiger partial charge in [-0.15, -0.1) is 0 Å². The molecule has 0 radical (unpaired) electrons. The van der Waals surface area contributed by atoms with Crippen molar-refractivity contribution in [3.8, 4) is 5.69 Å². The highest BCUT2D eigenvalue weighted by Gasteiger charge is 2.32. The second kappa shape index (κ2) is 8.81. The standard InChI is InChI=1S/C19H18ClFN6O4S/c20-14-5-1-3-7-16(14)27-19(29)26(22-23-27)13-18(28)24-9-11-25(12-10-24)32(30,31)17-8-4-2-6-15(17)21/h1-8H,9-13H2. The lowest BCUT2D eigenvalue weighted by atomic mass is 10.3. The number of tetrazole rings is 1. The Hall–Kier alpha value is -3.09. The number of carbonyl (C=O) groups is 1. The van der Waals surface area contributed by atoms with Gasteiger partial charge in [-0.3, -0.25) is 4.79 Å². The Morgan fingerprint density at radius 2 is 1.66 bits per heavy atom. The molecule has 0 bridgehead atoms. The van der Waals surface area contributed by atoms with Gasteiger partial charge in [0.2, 0.25) is 15.9 Å². The van der Waals surface area contributed by atoms with Crippen LogP contribution in [0.25, 0.3) is 5.69 Å². The molecule has 2 heterocycles. The molecule has 168 valence electrons. The van der Waals surface area contributed by atoms with Gasteiger partial charge in [-0.2, -0.15) is 13.7 Å². The Morgan fingerprint density at radius 3 is 2.34 bits per heavy atom. The first-order valence-electron chi connectivity index (χ1n) is 9.59. The predicted octanol–water partition coefficient (Wildman–Crippen LogP) is 0.755. The quantitative estimate of drug-likeness (QED) is 0.533. The van der Waals surface area contributed by atoms with Crippen LogP contribution in [-0.2, 0) is 21.4 Å². The van der Waals surface area contributed by atoms with Crippen molar-refractivity contribution in [1.29, 1.82) is 0 Å². The largest absolute Gasteiger partial charge is 0.369 e. The molecule has 4 rings (SSSR count). The van der Waals surface area contributed by atoms with E-state index in [1.165, 1.54) is 23.1 Å². The highest BCUT2D eigenvalue weighted by Crippen LogP contribution is 2.20. The van der Waals surface area contributed by atoms with Crippen molar-refractivity contribution < 1.29 is 17.6 Å². The molecule has 0 aliphatic carbocycles. The first-order chi connectivity index (χ1) is 15.3. The summed E-state index contributed by atoms with van der Waals surface area (Å²) in [6.45, 7) is -0.156. The average Bonchev–Trinajstić information content (AvgIpc) is 3.14. The summed E-state index contributed by atoms with van der Waals surface area (Å²) in [5.41, 5.74) is -0.294. The van der Waals surface area contributed by atoms with Gasteiger partial charge in [-0.1, -0.05) is 35.9 Å². The van der Waals surface area contributed by atoms with E-state index in [1.54, 1.807) is 24.3 Å². The molecule has 10 nitrogen and oxygen atoms in total. The summed E-state index contributed by atoms with van der Waals surface area (Å²) in [6.07, 6.45) is 0. The molecule has 0 unspecified atom stereocenters. The van der Waals surface area contributed by atoms with Crippen molar-refractivity contribution >= 4 is 27.5 Å². The minimum absolute atomic E-state index is 0.00359. The summed E-state index contributed by atoms with van der Waals surface area (Å²) < 4.78 is 42.4. The van der Waals surface area contributed by atoms with E-state index >= 15 is 0 Å². The molecule has 1 aliphatic heterocycles.